The zero-order valence-corrected chi connectivity index (χ0v) is 14.0. The van der Waals surface area contributed by atoms with Gasteiger partial charge in [0.15, 0.2) is 5.78 Å². The Morgan fingerprint density at radius 3 is 1.93 bits per heavy atom. The molecule has 0 radical (unpaired) electrons. The van der Waals surface area contributed by atoms with Crippen molar-refractivity contribution in [2.75, 3.05) is 0 Å². The number of carbonyl (C=O) groups is 1. The van der Waals surface area contributed by atoms with Gasteiger partial charge < -0.3 is 20.1 Å². The summed E-state index contributed by atoms with van der Waals surface area (Å²) in [6.07, 6.45) is 2.71. The van der Waals surface area contributed by atoms with Crippen molar-refractivity contribution in [1.29, 1.82) is 0 Å². The predicted molar refractivity (Wildman–Crippen MR) is 97.7 cm³/mol. The summed E-state index contributed by atoms with van der Waals surface area (Å²) in [5.41, 5.74) is 0.396. The first-order valence-electron chi connectivity index (χ1n) is 7.93. The third kappa shape index (κ3) is 4.43. The molecule has 0 unspecified atom stereocenters. The van der Waals surface area contributed by atoms with Gasteiger partial charge in [0.1, 0.15) is 40.1 Å². The molecule has 0 bridgehead atoms. The maximum Gasteiger partial charge on any atom is 0.193 e. The molecule has 136 valence electrons. The molecule has 0 saturated carbocycles. The smallest absolute Gasteiger partial charge is 0.193 e. The average Bonchev–Trinajstić information content (AvgIpc) is 2.62. The monoisotopic (exact) mass is 366 g/mol. The molecule has 0 atom stereocenters. The fourth-order valence-corrected chi connectivity index (χ4v) is 2.39. The second-order valence-corrected chi connectivity index (χ2v) is 5.68. The minimum Gasteiger partial charge on any atom is -0.508 e. The van der Waals surface area contributed by atoms with Crippen molar-refractivity contribution in [2.45, 2.75) is 0 Å². The molecule has 0 amide bonds. The highest BCUT2D eigenvalue weighted by Gasteiger charge is 2.15. The van der Waals surface area contributed by atoms with Gasteiger partial charge in [0.2, 0.25) is 0 Å². The van der Waals surface area contributed by atoms with Gasteiger partial charge in [0.25, 0.3) is 0 Å². The Morgan fingerprint density at radius 1 is 0.852 bits per heavy atom. The zero-order chi connectivity index (χ0) is 19.4. The molecule has 0 aliphatic carbocycles. The minimum absolute atomic E-state index is 0.291. The number of ketones is 1. The molecular weight excluding hydrogens is 351 g/mol. The van der Waals surface area contributed by atoms with Crippen molar-refractivity contribution in [3.05, 3.63) is 83.7 Å². The summed E-state index contributed by atoms with van der Waals surface area (Å²) < 4.78 is 18.5. The van der Waals surface area contributed by atoms with Gasteiger partial charge in [-0.2, -0.15) is 0 Å². The largest absolute Gasteiger partial charge is 0.508 e. The van der Waals surface area contributed by atoms with Crippen molar-refractivity contribution in [3.8, 4) is 28.7 Å². The topological polar surface area (TPSA) is 87.0 Å². The molecular formula is C21H15FO5. The average molecular weight is 366 g/mol. The number of phenolic OH excluding ortho intramolecular Hbond substituents is 3. The lowest BCUT2D eigenvalue weighted by molar-refractivity contribution is 0.104. The molecule has 5 nitrogen and oxygen atoms in total. The molecule has 0 spiro atoms. The van der Waals surface area contributed by atoms with Gasteiger partial charge in [-0.3, -0.25) is 4.79 Å². The van der Waals surface area contributed by atoms with Crippen LogP contribution in [0.2, 0.25) is 0 Å². The van der Waals surface area contributed by atoms with Crippen molar-refractivity contribution in [2.24, 2.45) is 0 Å². The lowest BCUT2D eigenvalue weighted by Gasteiger charge is -2.06. The van der Waals surface area contributed by atoms with Crippen LogP contribution in [0.4, 0.5) is 4.39 Å². The van der Waals surface area contributed by atoms with Crippen LogP contribution in [0.15, 0.2) is 66.7 Å². The highest BCUT2D eigenvalue weighted by molar-refractivity contribution is 6.10. The predicted octanol–water partition coefficient (Wildman–Crippen LogP) is 4.63. The third-order valence-electron chi connectivity index (χ3n) is 3.68. The first kappa shape index (κ1) is 18.0. The molecule has 6 heteroatoms. The lowest BCUT2D eigenvalue weighted by atomic mass is 10.1. The van der Waals surface area contributed by atoms with Crippen LogP contribution in [0, 0.1) is 5.82 Å². The number of carbonyl (C=O) groups excluding carboxylic acids is 1. The number of hydrogen-bond donors (Lipinski definition) is 3. The van der Waals surface area contributed by atoms with Gasteiger partial charge in [-0.05, 0) is 48.0 Å². The van der Waals surface area contributed by atoms with Gasteiger partial charge in [-0.25, -0.2) is 4.39 Å². The van der Waals surface area contributed by atoms with Crippen LogP contribution in [0.5, 0.6) is 28.7 Å². The molecule has 0 aliphatic heterocycles. The number of ether oxygens (including phenoxy) is 1. The summed E-state index contributed by atoms with van der Waals surface area (Å²) in [7, 11) is 0. The Labute approximate surface area is 154 Å². The van der Waals surface area contributed by atoms with E-state index in [0.29, 0.717) is 17.1 Å². The molecule has 3 rings (SSSR count). The van der Waals surface area contributed by atoms with Crippen LogP contribution in [0.25, 0.3) is 6.08 Å². The summed E-state index contributed by atoms with van der Waals surface area (Å²) in [5.74, 6) is -1.29. The number of phenols is 3. The number of rotatable bonds is 5. The fourth-order valence-electron chi connectivity index (χ4n) is 2.39. The third-order valence-corrected chi connectivity index (χ3v) is 3.68. The maximum absolute atomic E-state index is 12.9. The van der Waals surface area contributed by atoms with E-state index in [4.69, 9.17) is 4.74 Å². The van der Waals surface area contributed by atoms with Gasteiger partial charge in [-0.15, -0.1) is 0 Å². The first-order valence-corrected chi connectivity index (χ1v) is 7.93. The second-order valence-electron chi connectivity index (χ2n) is 5.68. The van der Waals surface area contributed by atoms with E-state index in [2.05, 4.69) is 0 Å². The van der Waals surface area contributed by atoms with E-state index < -0.39 is 17.3 Å². The van der Waals surface area contributed by atoms with Crippen LogP contribution < -0.4 is 4.74 Å². The van der Waals surface area contributed by atoms with Crippen LogP contribution in [0.1, 0.15) is 15.9 Å². The first-order chi connectivity index (χ1) is 12.9. The SMILES string of the molecule is O=C(/C=C/c1ccc(Oc2ccc(F)cc2)cc1)c1c(O)cc(O)cc1O. The molecule has 0 saturated heterocycles. The van der Waals surface area contributed by atoms with Crippen LogP contribution in [-0.4, -0.2) is 21.1 Å². The van der Waals surface area contributed by atoms with Crippen molar-refractivity contribution >= 4 is 11.9 Å². The van der Waals surface area contributed by atoms with Gasteiger partial charge in [-0.1, -0.05) is 18.2 Å². The zero-order valence-electron chi connectivity index (χ0n) is 14.0. The number of benzene rings is 3. The summed E-state index contributed by atoms with van der Waals surface area (Å²) in [6, 6.07) is 14.4. The number of aromatic hydroxyl groups is 3. The standard InChI is InChI=1S/C21H15FO5/c22-14-4-8-17(9-5-14)27-16-6-1-13(2-7-16)3-10-18(24)21-19(25)11-15(23)12-20(21)26/h1-12,23,25-26H/b10-3+. The van der Waals surface area contributed by atoms with Gasteiger partial charge >= 0.3 is 0 Å². The molecule has 3 N–H and O–H groups in total. The molecule has 0 fully saturated rings. The Morgan fingerprint density at radius 2 is 1.37 bits per heavy atom. The van der Waals surface area contributed by atoms with E-state index in [1.807, 2.05) is 0 Å². The highest BCUT2D eigenvalue weighted by atomic mass is 19.1. The highest BCUT2D eigenvalue weighted by Crippen LogP contribution is 2.32. The van der Waals surface area contributed by atoms with Gasteiger partial charge in [0, 0.05) is 12.1 Å². The van der Waals surface area contributed by atoms with Crippen molar-refractivity contribution < 1.29 is 29.2 Å². The summed E-state index contributed by atoms with van der Waals surface area (Å²) in [5, 5.41) is 28.7. The van der Waals surface area contributed by atoms with E-state index in [1.165, 1.54) is 36.4 Å². The summed E-state index contributed by atoms with van der Waals surface area (Å²) in [4.78, 5) is 12.2. The van der Waals surface area contributed by atoms with E-state index >= 15 is 0 Å². The molecule has 27 heavy (non-hydrogen) atoms. The molecule has 0 aromatic heterocycles. The fraction of sp³-hybridized carbons (Fsp3) is 0. The Balaban J connectivity index is 1.71. The van der Waals surface area contributed by atoms with Crippen LogP contribution >= 0.6 is 0 Å². The molecule has 3 aromatic rings. The molecule has 3 aromatic carbocycles. The Kier molecular flexibility index (Phi) is 5.08. The number of hydrogen-bond acceptors (Lipinski definition) is 5. The second kappa shape index (κ2) is 7.61. The minimum atomic E-state index is -0.614. The maximum atomic E-state index is 12.9. The van der Waals surface area contributed by atoms with E-state index in [-0.39, 0.29) is 17.1 Å². The van der Waals surface area contributed by atoms with Crippen molar-refractivity contribution in [3.63, 3.8) is 0 Å². The van der Waals surface area contributed by atoms with E-state index in [1.54, 1.807) is 24.3 Å². The van der Waals surface area contributed by atoms with Crippen LogP contribution in [-0.2, 0) is 0 Å². The normalized spacial score (nSPS) is 10.9. The summed E-state index contributed by atoms with van der Waals surface area (Å²) in [6.45, 7) is 0. The molecule has 0 heterocycles. The lowest BCUT2D eigenvalue weighted by Crippen LogP contribution is -1.95. The summed E-state index contributed by atoms with van der Waals surface area (Å²) >= 11 is 0. The van der Waals surface area contributed by atoms with E-state index in [0.717, 1.165) is 12.1 Å². The number of halogens is 1. The van der Waals surface area contributed by atoms with Crippen LogP contribution in [0.3, 0.4) is 0 Å². The number of allylic oxidation sites excluding steroid dienone is 1. The molecule has 0 aliphatic rings. The Hall–Kier alpha value is -3.80. The Bertz CT molecular complexity index is 969. The van der Waals surface area contributed by atoms with Crippen molar-refractivity contribution in [1.82, 2.24) is 0 Å². The quantitative estimate of drug-likeness (QED) is 0.453. The van der Waals surface area contributed by atoms with E-state index in [9.17, 15) is 24.5 Å². The van der Waals surface area contributed by atoms with Gasteiger partial charge in [0.05, 0.1) is 0 Å².